The molecule has 0 aliphatic rings. The fourth-order valence-electron chi connectivity index (χ4n) is 4.15. The predicted octanol–water partition coefficient (Wildman–Crippen LogP) is 5.17. The summed E-state index contributed by atoms with van der Waals surface area (Å²) in [6.45, 7) is 5.42. The summed E-state index contributed by atoms with van der Waals surface area (Å²) in [6, 6.07) is 15.6. The van der Waals surface area contributed by atoms with Gasteiger partial charge in [0.2, 0.25) is 0 Å². The standard InChI is InChI=1S/C28H31N5O3/c1-19(2)18-33-25(28(35)36-3)24(32-27(34)21-12-8-13-29-16-21)23-15-22(17-31-26(23)33)30-14-7-11-20-9-5-4-6-10-20/h4-6,8-10,12-13,15-17,19,30H,7,11,14,18H2,1-3H3,(H,32,34). The van der Waals surface area contributed by atoms with Crippen molar-refractivity contribution in [1.29, 1.82) is 0 Å². The van der Waals surface area contributed by atoms with Gasteiger partial charge in [-0.2, -0.15) is 0 Å². The number of hydrogen-bond donors (Lipinski definition) is 2. The summed E-state index contributed by atoms with van der Waals surface area (Å²) in [5, 5.41) is 7.02. The van der Waals surface area contributed by atoms with E-state index in [-0.39, 0.29) is 17.5 Å². The lowest BCUT2D eigenvalue weighted by Crippen LogP contribution is -2.18. The van der Waals surface area contributed by atoms with Crippen LogP contribution in [0, 0.1) is 5.92 Å². The minimum atomic E-state index is -0.535. The Labute approximate surface area is 210 Å². The molecule has 36 heavy (non-hydrogen) atoms. The third-order valence-electron chi connectivity index (χ3n) is 5.80. The number of pyridine rings is 2. The van der Waals surface area contributed by atoms with Gasteiger partial charge in [0.15, 0.2) is 5.69 Å². The van der Waals surface area contributed by atoms with Gasteiger partial charge in [0, 0.05) is 30.9 Å². The molecule has 0 unspecified atom stereocenters. The molecule has 1 amide bonds. The molecule has 0 fully saturated rings. The number of fused-ring (bicyclic) bond motifs is 1. The summed E-state index contributed by atoms with van der Waals surface area (Å²) in [6.07, 6.45) is 6.76. The number of rotatable bonds is 10. The average molecular weight is 486 g/mol. The first-order valence-corrected chi connectivity index (χ1v) is 12.1. The number of benzene rings is 1. The number of nitrogens with zero attached hydrogens (tertiary/aromatic N) is 3. The normalized spacial score (nSPS) is 11.0. The second-order valence-corrected chi connectivity index (χ2v) is 9.03. The van der Waals surface area contributed by atoms with Crippen LogP contribution in [0.2, 0.25) is 0 Å². The third kappa shape index (κ3) is 5.71. The zero-order chi connectivity index (χ0) is 25.5. The fraction of sp³-hybridized carbons (Fsp3) is 0.286. The summed E-state index contributed by atoms with van der Waals surface area (Å²) < 4.78 is 6.92. The first-order chi connectivity index (χ1) is 17.5. The molecule has 0 saturated carbocycles. The van der Waals surface area contributed by atoms with Gasteiger partial charge < -0.3 is 19.9 Å². The third-order valence-corrected chi connectivity index (χ3v) is 5.80. The van der Waals surface area contributed by atoms with Gasteiger partial charge in [-0.05, 0) is 42.5 Å². The van der Waals surface area contributed by atoms with Gasteiger partial charge in [-0.3, -0.25) is 9.78 Å². The van der Waals surface area contributed by atoms with E-state index >= 15 is 0 Å². The van der Waals surface area contributed by atoms with Gasteiger partial charge in [-0.1, -0.05) is 44.2 Å². The number of ether oxygens (including phenoxy) is 1. The predicted molar refractivity (Wildman–Crippen MR) is 141 cm³/mol. The van der Waals surface area contributed by atoms with Gasteiger partial charge >= 0.3 is 5.97 Å². The van der Waals surface area contributed by atoms with E-state index in [0.717, 1.165) is 25.1 Å². The molecule has 0 spiro atoms. The highest BCUT2D eigenvalue weighted by molar-refractivity contribution is 6.14. The van der Waals surface area contributed by atoms with Crippen molar-refractivity contribution in [3.8, 4) is 0 Å². The smallest absolute Gasteiger partial charge is 0.356 e. The van der Waals surface area contributed by atoms with E-state index in [1.54, 1.807) is 24.5 Å². The molecule has 8 nitrogen and oxygen atoms in total. The van der Waals surface area contributed by atoms with Gasteiger partial charge in [-0.15, -0.1) is 0 Å². The van der Waals surface area contributed by atoms with Crippen LogP contribution in [0.25, 0.3) is 11.0 Å². The number of hydrogen-bond acceptors (Lipinski definition) is 6. The van der Waals surface area contributed by atoms with Crippen LogP contribution in [0.5, 0.6) is 0 Å². The molecule has 186 valence electrons. The Morgan fingerprint density at radius 2 is 1.89 bits per heavy atom. The van der Waals surface area contributed by atoms with Crippen molar-refractivity contribution in [2.24, 2.45) is 5.92 Å². The first-order valence-electron chi connectivity index (χ1n) is 12.1. The number of carbonyl (C=O) groups excluding carboxylic acids is 2. The number of nitrogens with one attached hydrogen (secondary N) is 2. The maximum atomic E-state index is 13.0. The van der Waals surface area contributed by atoms with Crippen molar-refractivity contribution >= 4 is 34.3 Å². The molecule has 1 aromatic carbocycles. The highest BCUT2D eigenvalue weighted by atomic mass is 16.5. The molecule has 0 aliphatic carbocycles. The molecule has 0 aliphatic heterocycles. The van der Waals surface area contributed by atoms with Crippen LogP contribution in [0.15, 0.2) is 67.1 Å². The maximum Gasteiger partial charge on any atom is 0.356 e. The van der Waals surface area contributed by atoms with Crippen molar-refractivity contribution < 1.29 is 14.3 Å². The number of amides is 1. The van der Waals surface area contributed by atoms with Crippen LogP contribution in [0.3, 0.4) is 0 Å². The summed E-state index contributed by atoms with van der Waals surface area (Å²) in [7, 11) is 1.33. The van der Waals surface area contributed by atoms with Crippen LogP contribution in [-0.2, 0) is 17.7 Å². The first kappa shape index (κ1) is 24.9. The van der Waals surface area contributed by atoms with Crippen molar-refractivity contribution in [2.75, 3.05) is 24.3 Å². The number of methoxy groups -OCH3 is 1. The van der Waals surface area contributed by atoms with Gasteiger partial charge in [0.05, 0.1) is 30.2 Å². The minimum Gasteiger partial charge on any atom is -0.464 e. The van der Waals surface area contributed by atoms with E-state index in [2.05, 4.69) is 46.6 Å². The van der Waals surface area contributed by atoms with E-state index in [9.17, 15) is 9.59 Å². The highest BCUT2D eigenvalue weighted by Gasteiger charge is 2.27. The van der Waals surface area contributed by atoms with Crippen LogP contribution < -0.4 is 10.6 Å². The molecule has 3 aromatic heterocycles. The number of carbonyl (C=O) groups is 2. The van der Waals surface area contributed by atoms with E-state index in [4.69, 9.17) is 4.74 Å². The van der Waals surface area contributed by atoms with Crippen molar-refractivity contribution in [3.63, 3.8) is 0 Å². The molecule has 0 radical (unpaired) electrons. The van der Waals surface area contributed by atoms with E-state index in [0.29, 0.717) is 28.8 Å². The van der Waals surface area contributed by atoms with Crippen LogP contribution in [0.4, 0.5) is 11.4 Å². The number of anilines is 2. The van der Waals surface area contributed by atoms with Crippen molar-refractivity contribution in [1.82, 2.24) is 14.5 Å². The Bertz CT molecular complexity index is 1330. The molecule has 4 aromatic rings. The molecule has 0 atom stereocenters. The van der Waals surface area contributed by atoms with Crippen LogP contribution in [-0.4, -0.2) is 40.1 Å². The summed E-state index contributed by atoms with van der Waals surface area (Å²) in [5.74, 6) is -0.658. The fourth-order valence-corrected chi connectivity index (χ4v) is 4.15. The summed E-state index contributed by atoms with van der Waals surface area (Å²) >= 11 is 0. The molecular weight excluding hydrogens is 454 g/mol. The second-order valence-electron chi connectivity index (χ2n) is 9.03. The Hall–Kier alpha value is -4.20. The quantitative estimate of drug-likeness (QED) is 0.238. The Balaban J connectivity index is 1.67. The van der Waals surface area contributed by atoms with E-state index < -0.39 is 5.97 Å². The largest absolute Gasteiger partial charge is 0.464 e. The molecule has 8 heteroatoms. The second kappa shape index (κ2) is 11.5. The van der Waals surface area contributed by atoms with Crippen molar-refractivity contribution in [2.45, 2.75) is 33.2 Å². The molecule has 0 bridgehead atoms. The lowest BCUT2D eigenvalue weighted by molar-refractivity contribution is 0.0589. The van der Waals surface area contributed by atoms with E-state index in [1.165, 1.54) is 18.9 Å². The summed E-state index contributed by atoms with van der Waals surface area (Å²) in [4.78, 5) is 34.6. The monoisotopic (exact) mass is 485 g/mol. The van der Waals surface area contributed by atoms with Crippen LogP contribution >= 0.6 is 0 Å². The number of aromatic nitrogens is 3. The average Bonchev–Trinajstić information content (AvgIpc) is 3.18. The lowest BCUT2D eigenvalue weighted by Gasteiger charge is -2.12. The minimum absolute atomic E-state index is 0.239. The lowest BCUT2D eigenvalue weighted by atomic mass is 10.1. The van der Waals surface area contributed by atoms with E-state index in [1.807, 2.05) is 28.8 Å². The Morgan fingerprint density at radius 3 is 2.58 bits per heavy atom. The highest BCUT2D eigenvalue weighted by Crippen LogP contribution is 2.33. The maximum absolute atomic E-state index is 13.0. The molecule has 0 saturated heterocycles. The van der Waals surface area contributed by atoms with Crippen molar-refractivity contribution in [3.05, 3.63) is 83.9 Å². The topological polar surface area (TPSA) is 98.1 Å². The number of esters is 1. The van der Waals surface area contributed by atoms with Crippen LogP contribution in [0.1, 0.15) is 46.7 Å². The van der Waals surface area contributed by atoms with Gasteiger partial charge in [0.25, 0.3) is 5.91 Å². The SMILES string of the molecule is COC(=O)c1c(NC(=O)c2cccnc2)c2cc(NCCCc3ccccc3)cnc2n1CC(C)C. The molecule has 4 rings (SSSR count). The zero-order valence-electron chi connectivity index (χ0n) is 20.8. The Morgan fingerprint density at radius 1 is 1.08 bits per heavy atom. The molecule has 2 N–H and O–H groups in total. The van der Waals surface area contributed by atoms with Gasteiger partial charge in [-0.25, -0.2) is 9.78 Å². The molecular formula is C28H31N5O3. The van der Waals surface area contributed by atoms with Gasteiger partial charge in [0.1, 0.15) is 5.65 Å². The Kier molecular flexibility index (Phi) is 7.95. The summed E-state index contributed by atoms with van der Waals surface area (Å²) in [5.41, 5.74) is 3.76. The zero-order valence-corrected chi connectivity index (χ0v) is 20.8. The molecule has 3 heterocycles. The number of aryl methyl sites for hydroxylation is 1.